The summed E-state index contributed by atoms with van der Waals surface area (Å²) in [4.78, 5) is 19.5. The first-order chi connectivity index (χ1) is 18.7. The van der Waals surface area contributed by atoms with E-state index in [0.717, 1.165) is 79.5 Å². The van der Waals surface area contributed by atoms with E-state index in [1.54, 1.807) is 18.4 Å². The van der Waals surface area contributed by atoms with E-state index in [1.165, 1.54) is 11.3 Å². The molecule has 1 aliphatic carbocycles. The number of carbonyl (C=O) groups excluding carboxylic acids is 1. The van der Waals surface area contributed by atoms with E-state index in [0.29, 0.717) is 17.0 Å². The highest BCUT2D eigenvalue weighted by atomic mass is 32.1. The van der Waals surface area contributed by atoms with Crippen molar-refractivity contribution in [1.29, 1.82) is 0 Å². The Hall–Kier alpha value is -3.37. The van der Waals surface area contributed by atoms with Gasteiger partial charge in [0.05, 0.1) is 12.5 Å². The first-order valence-corrected chi connectivity index (χ1v) is 14.1. The third-order valence-corrected chi connectivity index (χ3v) is 8.10. The lowest BCUT2D eigenvalue weighted by atomic mass is 9.82. The molecule has 0 spiro atoms. The topological polar surface area (TPSA) is 101 Å². The number of rotatable bonds is 12. The van der Waals surface area contributed by atoms with Crippen molar-refractivity contribution in [3.8, 4) is 16.3 Å². The number of carbonyl (C=O) groups is 1. The highest BCUT2D eigenvalue weighted by Crippen LogP contribution is 2.39. The maximum atomic E-state index is 12.8. The minimum absolute atomic E-state index is 0.153. The molecule has 2 aromatic heterocycles. The molecule has 2 heterocycles. The molecule has 1 saturated carbocycles. The van der Waals surface area contributed by atoms with E-state index in [1.807, 2.05) is 48.5 Å². The molecule has 200 valence electrons. The van der Waals surface area contributed by atoms with E-state index in [-0.39, 0.29) is 11.9 Å². The third-order valence-electron chi connectivity index (χ3n) is 6.96. The zero-order valence-corrected chi connectivity index (χ0v) is 22.4. The van der Waals surface area contributed by atoms with Gasteiger partial charge in [0.2, 0.25) is 0 Å². The van der Waals surface area contributed by atoms with Crippen LogP contribution in [0.2, 0.25) is 0 Å². The van der Waals surface area contributed by atoms with Crippen LogP contribution in [0.15, 0.2) is 48.5 Å². The van der Waals surface area contributed by atoms with E-state index in [9.17, 15) is 4.79 Å². The number of unbranched alkanes of at least 4 members (excludes halogenated alkanes) is 3. The molecule has 1 aliphatic rings. The van der Waals surface area contributed by atoms with Crippen LogP contribution in [0.4, 0.5) is 0 Å². The first kappa shape index (κ1) is 26.2. The fraction of sp³-hybridized carbons (Fsp3) is 0.464. The molecule has 5 rings (SSSR count). The Kier molecular flexibility index (Phi) is 8.93. The van der Waals surface area contributed by atoms with Crippen molar-refractivity contribution in [3.05, 3.63) is 53.5 Å². The van der Waals surface area contributed by atoms with Crippen molar-refractivity contribution in [2.24, 2.45) is 5.92 Å². The Morgan fingerprint density at radius 3 is 2.47 bits per heavy atom. The molecule has 0 aliphatic heterocycles. The molecule has 0 bridgehead atoms. The van der Waals surface area contributed by atoms with Gasteiger partial charge in [0.25, 0.3) is 0 Å². The maximum Gasteiger partial charge on any atom is 0.338 e. The van der Waals surface area contributed by atoms with Crippen molar-refractivity contribution in [2.75, 3.05) is 20.3 Å². The van der Waals surface area contributed by atoms with Crippen LogP contribution in [-0.4, -0.2) is 51.6 Å². The molecule has 9 nitrogen and oxygen atoms in total. The second-order valence-corrected chi connectivity index (χ2v) is 10.6. The van der Waals surface area contributed by atoms with E-state index in [2.05, 4.69) is 20.5 Å². The van der Waals surface area contributed by atoms with Crippen LogP contribution < -0.4 is 9.57 Å². The van der Waals surface area contributed by atoms with Crippen molar-refractivity contribution in [1.82, 2.24) is 25.4 Å². The van der Waals surface area contributed by atoms with Gasteiger partial charge in [-0.05, 0) is 86.6 Å². The minimum atomic E-state index is -0.259. The molecule has 0 atom stereocenters. The highest BCUT2D eigenvalue weighted by Gasteiger charge is 2.31. The lowest BCUT2D eigenvalue weighted by Gasteiger charge is -2.25. The summed E-state index contributed by atoms with van der Waals surface area (Å²) in [5.74, 6) is 0.772. The molecule has 1 fully saturated rings. The number of fused-ring (bicyclic) bond motifs is 1. The van der Waals surface area contributed by atoms with Crippen molar-refractivity contribution < 1.29 is 19.1 Å². The van der Waals surface area contributed by atoms with Gasteiger partial charge >= 0.3 is 5.97 Å². The van der Waals surface area contributed by atoms with Crippen LogP contribution in [0.3, 0.4) is 0 Å². The van der Waals surface area contributed by atoms with E-state index in [4.69, 9.17) is 14.3 Å². The lowest BCUT2D eigenvalue weighted by molar-refractivity contribution is -0.151. The molecule has 2 aromatic carbocycles. The predicted octanol–water partition coefficient (Wildman–Crippen LogP) is 5.46. The summed E-state index contributed by atoms with van der Waals surface area (Å²) in [7, 11) is 1.74. The van der Waals surface area contributed by atoms with Gasteiger partial charge in [0, 0.05) is 25.2 Å². The molecule has 0 unspecified atom stereocenters. The van der Waals surface area contributed by atoms with Gasteiger partial charge in [0.15, 0.2) is 0 Å². The number of methoxy groups -OCH3 is 1. The zero-order chi connectivity index (χ0) is 26.2. The Labute approximate surface area is 226 Å². The number of hydrogen-bond donors (Lipinski definition) is 0. The monoisotopic (exact) mass is 535 g/mol. The maximum absolute atomic E-state index is 12.8. The van der Waals surface area contributed by atoms with E-state index < -0.39 is 0 Å². The van der Waals surface area contributed by atoms with Crippen LogP contribution in [0.1, 0.15) is 62.3 Å². The van der Waals surface area contributed by atoms with Gasteiger partial charge in [0.1, 0.15) is 26.8 Å². The Bertz CT molecular complexity index is 1310. The van der Waals surface area contributed by atoms with Crippen LogP contribution in [0.25, 0.3) is 21.6 Å². The standard InChI is InChI=1S/C28H33N5O4S/c1-35-18-6-2-3-7-19-36-23-16-14-21(15-17-23)27-31-30-26(38-27)20-10-12-22(13-11-20)28(34)37-33-25-9-5-4-8-24(25)29-32-33/h4-5,8-9,14-17,20,22H,2-3,6-7,10-13,18-19H2,1H3. The molecule has 4 aromatic rings. The second kappa shape index (κ2) is 12.9. The second-order valence-electron chi connectivity index (χ2n) is 9.64. The van der Waals surface area contributed by atoms with Crippen LogP contribution in [-0.2, 0) is 9.53 Å². The molecule has 0 amide bonds. The van der Waals surface area contributed by atoms with Gasteiger partial charge in [-0.25, -0.2) is 4.79 Å². The van der Waals surface area contributed by atoms with Crippen LogP contribution in [0, 0.1) is 5.92 Å². The third kappa shape index (κ3) is 6.54. The van der Waals surface area contributed by atoms with E-state index >= 15 is 0 Å². The average Bonchev–Trinajstić information content (AvgIpc) is 3.61. The van der Waals surface area contributed by atoms with Crippen molar-refractivity contribution in [2.45, 2.75) is 57.3 Å². The molecule has 10 heteroatoms. The van der Waals surface area contributed by atoms with Gasteiger partial charge in [-0.3, -0.25) is 0 Å². The number of nitrogens with zero attached hydrogens (tertiary/aromatic N) is 5. The first-order valence-electron chi connectivity index (χ1n) is 13.3. The average molecular weight is 536 g/mol. The summed E-state index contributed by atoms with van der Waals surface area (Å²) in [6.07, 6.45) is 7.73. The molecule has 38 heavy (non-hydrogen) atoms. The zero-order valence-electron chi connectivity index (χ0n) is 21.6. The van der Waals surface area contributed by atoms with Gasteiger partial charge < -0.3 is 14.3 Å². The minimum Gasteiger partial charge on any atom is -0.494 e. The van der Waals surface area contributed by atoms with Gasteiger partial charge in [-0.2, -0.15) is 0 Å². The summed E-state index contributed by atoms with van der Waals surface area (Å²) >= 11 is 1.63. The molecular weight excluding hydrogens is 502 g/mol. The summed E-state index contributed by atoms with van der Waals surface area (Å²) in [5, 5.41) is 18.9. The lowest BCUT2D eigenvalue weighted by Crippen LogP contribution is -2.30. The Morgan fingerprint density at radius 2 is 1.68 bits per heavy atom. The predicted molar refractivity (Wildman–Crippen MR) is 145 cm³/mol. The molecule has 0 radical (unpaired) electrons. The Balaban J connectivity index is 1.08. The SMILES string of the molecule is COCCCCCCOc1ccc(-c2nnc(C3CCC(C(=O)On4nnc5ccccc54)CC3)s2)cc1. The van der Waals surface area contributed by atoms with Crippen LogP contribution >= 0.6 is 11.3 Å². The normalized spacial score (nSPS) is 17.5. The number of para-hydroxylation sites is 1. The fourth-order valence-electron chi connectivity index (χ4n) is 4.75. The summed E-state index contributed by atoms with van der Waals surface area (Å²) < 4.78 is 11.0. The van der Waals surface area contributed by atoms with Gasteiger partial charge in [-0.1, -0.05) is 34.7 Å². The Morgan fingerprint density at radius 1 is 0.921 bits per heavy atom. The van der Waals surface area contributed by atoms with Gasteiger partial charge in [-0.15, -0.1) is 15.3 Å². The largest absolute Gasteiger partial charge is 0.494 e. The number of benzene rings is 2. The fourth-order valence-corrected chi connectivity index (χ4v) is 5.77. The van der Waals surface area contributed by atoms with Crippen molar-refractivity contribution >= 4 is 28.3 Å². The molecule has 0 N–H and O–H groups in total. The van der Waals surface area contributed by atoms with Crippen LogP contribution in [0.5, 0.6) is 5.75 Å². The quantitative estimate of drug-likeness (QED) is 0.174. The van der Waals surface area contributed by atoms with Crippen molar-refractivity contribution in [3.63, 3.8) is 0 Å². The molecule has 0 saturated heterocycles. The summed E-state index contributed by atoms with van der Waals surface area (Å²) in [6.45, 7) is 1.55. The number of ether oxygens (including phenoxy) is 2. The molecular formula is C28H33N5O4S. The smallest absolute Gasteiger partial charge is 0.338 e. The summed E-state index contributed by atoms with van der Waals surface area (Å²) in [6, 6.07) is 15.5. The number of aromatic nitrogens is 5. The summed E-state index contributed by atoms with van der Waals surface area (Å²) in [5.41, 5.74) is 2.42. The number of hydrogen-bond acceptors (Lipinski definition) is 9. The highest BCUT2D eigenvalue weighted by molar-refractivity contribution is 7.14.